The SMILES string of the molecule is CC[CH]C(O)CCC(N)(N)CCF. The smallest absolute Gasteiger partial charge is 0.0924 e. The summed E-state index contributed by atoms with van der Waals surface area (Å²) in [7, 11) is 0. The van der Waals surface area contributed by atoms with E-state index in [-0.39, 0.29) is 6.42 Å². The third-order valence-electron chi connectivity index (χ3n) is 1.97. The van der Waals surface area contributed by atoms with E-state index in [4.69, 9.17) is 11.5 Å². The molecule has 13 heavy (non-hydrogen) atoms. The molecule has 0 aromatic heterocycles. The van der Waals surface area contributed by atoms with Gasteiger partial charge in [-0.2, -0.15) is 0 Å². The van der Waals surface area contributed by atoms with Gasteiger partial charge in [-0.05, 0) is 19.3 Å². The Bertz CT molecular complexity index is 131. The standard InChI is InChI=1S/C9H20FN2O/c1-2-3-8(13)4-5-9(11,12)6-7-10/h3,8,13H,2,4-7,11-12H2,1H3. The molecule has 3 nitrogen and oxygen atoms in total. The summed E-state index contributed by atoms with van der Waals surface area (Å²) in [5.74, 6) is 0. The van der Waals surface area contributed by atoms with Crippen LogP contribution in [0.4, 0.5) is 4.39 Å². The van der Waals surface area contributed by atoms with E-state index in [1.165, 1.54) is 0 Å². The fourth-order valence-corrected chi connectivity index (χ4v) is 1.11. The van der Waals surface area contributed by atoms with Gasteiger partial charge in [-0.3, -0.25) is 4.39 Å². The first-order valence-corrected chi connectivity index (χ1v) is 4.67. The molecule has 0 rings (SSSR count). The summed E-state index contributed by atoms with van der Waals surface area (Å²) in [6, 6.07) is 0. The van der Waals surface area contributed by atoms with Crippen molar-refractivity contribution in [1.82, 2.24) is 0 Å². The zero-order valence-corrected chi connectivity index (χ0v) is 8.17. The average molecular weight is 191 g/mol. The average Bonchev–Trinajstić information content (AvgIpc) is 2.02. The molecule has 79 valence electrons. The molecule has 0 saturated heterocycles. The van der Waals surface area contributed by atoms with Gasteiger partial charge in [0, 0.05) is 6.42 Å². The first-order valence-electron chi connectivity index (χ1n) is 4.67. The Labute approximate surface area is 79.3 Å². The second kappa shape index (κ2) is 6.29. The molecule has 0 fully saturated rings. The van der Waals surface area contributed by atoms with Crippen molar-refractivity contribution in [2.75, 3.05) is 6.67 Å². The predicted octanol–water partition coefficient (Wildman–Crippen LogP) is 0.715. The maximum atomic E-state index is 11.9. The second-order valence-corrected chi connectivity index (χ2v) is 3.42. The lowest BCUT2D eigenvalue weighted by Gasteiger charge is -2.24. The van der Waals surface area contributed by atoms with Gasteiger partial charge in [0.05, 0.1) is 18.4 Å². The zero-order valence-electron chi connectivity index (χ0n) is 8.17. The fourth-order valence-electron chi connectivity index (χ4n) is 1.11. The first-order chi connectivity index (χ1) is 6.02. The van der Waals surface area contributed by atoms with E-state index in [0.717, 1.165) is 6.42 Å². The van der Waals surface area contributed by atoms with Crippen LogP contribution in [0, 0.1) is 6.42 Å². The molecule has 0 amide bonds. The Morgan fingerprint density at radius 3 is 2.54 bits per heavy atom. The van der Waals surface area contributed by atoms with Crippen molar-refractivity contribution in [2.45, 2.75) is 44.4 Å². The maximum Gasteiger partial charge on any atom is 0.0924 e. The van der Waals surface area contributed by atoms with Crippen molar-refractivity contribution in [2.24, 2.45) is 11.5 Å². The van der Waals surface area contributed by atoms with Crippen LogP contribution in [0.1, 0.15) is 32.6 Å². The fraction of sp³-hybridized carbons (Fsp3) is 0.889. The van der Waals surface area contributed by atoms with E-state index in [0.29, 0.717) is 12.8 Å². The van der Waals surface area contributed by atoms with E-state index < -0.39 is 18.4 Å². The van der Waals surface area contributed by atoms with Crippen molar-refractivity contribution in [3.63, 3.8) is 0 Å². The third kappa shape index (κ3) is 6.93. The molecule has 4 heteroatoms. The molecular weight excluding hydrogens is 171 g/mol. The monoisotopic (exact) mass is 191 g/mol. The molecular formula is C9H20FN2O. The van der Waals surface area contributed by atoms with Gasteiger partial charge in [0.2, 0.25) is 0 Å². The summed E-state index contributed by atoms with van der Waals surface area (Å²) in [6.07, 6.45) is 3.20. The number of nitrogens with two attached hydrogens (primary N) is 2. The molecule has 0 bridgehead atoms. The molecule has 1 atom stereocenters. The molecule has 1 unspecified atom stereocenters. The van der Waals surface area contributed by atoms with E-state index >= 15 is 0 Å². The minimum absolute atomic E-state index is 0.145. The highest BCUT2D eigenvalue weighted by atomic mass is 19.1. The van der Waals surface area contributed by atoms with Crippen LogP contribution in [-0.2, 0) is 0 Å². The van der Waals surface area contributed by atoms with Crippen LogP contribution >= 0.6 is 0 Å². The van der Waals surface area contributed by atoms with Gasteiger partial charge in [0.15, 0.2) is 0 Å². The molecule has 0 aliphatic heterocycles. The lowest BCUT2D eigenvalue weighted by Crippen LogP contribution is -2.50. The number of halogens is 1. The first kappa shape index (κ1) is 12.8. The number of aliphatic hydroxyl groups is 1. The maximum absolute atomic E-state index is 11.9. The second-order valence-electron chi connectivity index (χ2n) is 3.42. The lowest BCUT2D eigenvalue weighted by atomic mass is 9.98. The highest BCUT2D eigenvalue weighted by Gasteiger charge is 2.19. The van der Waals surface area contributed by atoms with E-state index in [1.807, 2.05) is 6.92 Å². The molecule has 0 heterocycles. The number of aliphatic hydroxyl groups excluding tert-OH is 1. The van der Waals surface area contributed by atoms with Crippen LogP contribution in [0.2, 0.25) is 0 Å². The summed E-state index contributed by atoms with van der Waals surface area (Å²) in [6.45, 7) is 1.43. The Hall–Kier alpha value is -0.190. The van der Waals surface area contributed by atoms with Crippen LogP contribution in [0.3, 0.4) is 0 Å². The van der Waals surface area contributed by atoms with Crippen molar-refractivity contribution < 1.29 is 9.50 Å². The summed E-state index contributed by atoms with van der Waals surface area (Å²) < 4.78 is 11.9. The third-order valence-corrected chi connectivity index (χ3v) is 1.97. The van der Waals surface area contributed by atoms with Crippen LogP contribution in [-0.4, -0.2) is 23.5 Å². The van der Waals surface area contributed by atoms with E-state index in [9.17, 15) is 9.50 Å². The van der Waals surface area contributed by atoms with Crippen LogP contribution < -0.4 is 11.5 Å². The van der Waals surface area contributed by atoms with E-state index in [1.54, 1.807) is 6.42 Å². The van der Waals surface area contributed by atoms with Gasteiger partial charge in [0.1, 0.15) is 0 Å². The Morgan fingerprint density at radius 2 is 2.08 bits per heavy atom. The number of hydrogen-bond donors (Lipinski definition) is 3. The molecule has 0 spiro atoms. The predicted molar refractivity (Wildman–Crippen MR) is 51.5 cm³/mol. The minimum atomic E-state index is -0.975. The highest BCUT2D eigenvalue weighted by molar-refractivity contribution is 4.81. The molecule has 1 radical (unpaired) electrons. The Balaban J connectivity index is 3.60. The molecule has 0 aromatic rings. The molecule has 0 saturated carbocycles. The normalized spacial score (nSPS) is 14.5. The minimum Gasteiger partial charge on any atom is -0.393 e. The lowest BCUT2D eigenvalue weighted by molar-refractivity contribution is 0.173. The van der Waals surface area contributed by atoms with Gasteiger partial charge < -0.3 is 16.6 Å². The summed E-state index contributed by atoms with van der Waals surface area (Å²) in [5.41, 5.74) is 10.2. The van der Waals surface area contributed by atoms with Gasteiger partial charge in [0.25, 0.3) is 0 Å². The Kier molecular flexibility index (Phi) is 6.20. The van der Waals surface area contributed by atoms with Gasteiger partial charge in [-0.1, -0.05) is 13.3 Å². The molecule has 0 aromatic carbocycles. The molecule has 0 aliphatic carbocycles. The van der Waals surface area contributed by atoms with Crippen molar-refractivity contribution in [3.8, 4) is 0 Å². The van der Waals surface area contributed by atoms with E-state index in [2.05, 4.69) is 0 Å². The van der Waals surface area contributed by atoms with Gasteiger partial charge in [-0.15, -0.1) is 0 Å². The quantitative estimate of drug-likeness (QED) is 0.519. The summed E-state index contributed by atoms with van der Waals surface area (Å²) in [5, 5.41) is 9.32. The topological polar surface area (TPSA) is 72.3 Å². The van der Waals surface area contributed by atoms with Crippen LogP contribution in [0.25, 0.3) is 0 Å². The largest absolute Gasteiger partial charge is 0.393 e. The summed E-state index contributed by atoms with van der Waals surface area (Å²) in [4.78, 5) is 0. The number of rotatable bonds is 7. The zero-order chi connectivity index (χ0) is 10.3. The highest BCUT2D eigenvalue weighted by Crippen LogP contribution is 2.12. The van der Waals surface area contributed by atoms with Gasteiger partial charge >= 0.3 is 0 Å². The van der Waals surface area contributed by atoms with Gasteiger partial charge in [-0.25, -0.2) is 0 Å². The summed E-state index contributed by atoms with van der Waals surface area (Å²) >= 11 is 0. The van der Waals surface area contributed by atoms with Crippen molar-refractivity contribution in [3.05, 3.63) is 6.42 Å². The number of alkyl halides is 1. The van der Waals surface area contributed by atoms with Crippen LogP contribution in [0.15, 0.2) is 0 Å². The number of hydrogen-bond acceptors (Lipinski definition) is 3. The molecule has 5 N–H and O–H groups in total. The van der Waals surface area contributed by atoms with Crippen LogP contribution in [0.5, 0.6) is 0 Å². The van der Waals surface area contributed by atoms with Crippen molar-refractivity contribution >= 4 is 0 Å². The Morgan fingerprint density at radius 1 is 1.46 bits per heavy atom. The van der Waals surface area contributed by atoms with Crippen molar-refractivity contribution in [1.29, 1.82) is 0 Å². The molecule has 0 aliphatic rings.